The molecule has 1 aliphatic heterocycles. The highest BCUT2D eigenvalue weighted by atomic mass is 19.1. The molecule has 0 radical (unpaired) electrons. The van der Waals surface area contributed by atoms with Crippen LogP contribution in [0.25, 0.3) is 33.1 Å². The maximum atomic E-state index is 13.2. The standard InChI is InChI=1S/C27H26FN5O/c28-19-9-11-20(12-10-19)32-15-13-31(14-16-32)17-21(34)18-33-25-8-4-1-5-22(25)26-27(33)30-24-7-3-2-6-23(24)29-26/h1-12,21,34H,13-18H2. The van der Waals surface area contributed by atoms with Crippen molar-refractivity contribution in [2.45, 2.75) is 12.6 Å². The lowest BCUT2D eigenvalue weighted by Gasteiger charge is -2.37. The first-order chi connectivity index (χ1) is 16.7. The molecule has 3 heterocycles. The summed E-state index contributed by atoms with van der Waals surface area (Å²) in [5, 5.41) is 12.1. The summed E-state index contributed by atoms with van der Waals surface area (Å²) in [6.45, 7) is 4.45. The number of piperazine rings is 1. The van der Waals surface area contributed by atoms with Crippen LogP contribution in [0.1, 0.15) is 0 Å². The smallest absolute Gasteiger partial charge is 0.160 e. The Kier molecular flexibility index (Phi) is 5.36. The van der Waals surface area contributed by atoms with Gasteiger partial charge in [0.25, 0.3) is 0 Å². The predicted octanol–water partition coefficient (Wildman–Crippen LogP) is 4.06. The number of para-hydroxylation sites is 3. The Hall–Kier alpha value is -3.55. The fourth-order valence-electron chi connectivity index (χ4n) is 4.97. The molecule has 3 aromatic carbocycles. The van der Waals surface area contributed by atoms with Gasteiger partial charge in [0.05, 0.1) is 29.2 Å². The molecule has 34 heavy (non-hydrogen) atoms. The van der Waals surface area contributed by atoms with Crippen LogP contribution in [-0.2, 0) is 6.54 Å². The predicted molar refractivity (Wildman–Crippen MR) is 134 cm³/mol. The minimum absolute atomic E-state index is 0.215. The molecule has 0 saturated carbocycles. The molecule has 1 fully saturated rings. The van der Waals surface area contributed by atoms with Gasteiger partial charge in [0.1, 0.15) is 11.3 Å². The summed E-state index contributed by atoms with van der Waals surface area (Å²) in [6.07, 6.45) is -0.537. The molecule has 6 rings (SSSR count). The third-order valence-corrected chi connectivity index (χ3v) is 6.68. The molecule has 1 saturated heterocycles. The maximum Gasteiger partial charge on any atom is 0.160 e. The van der Waals surface area contributed by atoms with Crippen LogP contribution in [0, 0.1) is 5.82 Å². The van der Waals surface area contributed by atoms with Gasteiger partial charge in [-0.05, 0) is 42.5 Å². The lowest BCUT2D eigenvalue weighted by molar-refractivity contribution is 0.0968. The lowest BCUT2D eigenvalue weighted by Crippen LogP contribution is -2.49. The molecule has 0 bridgehead atoms. The van der Waals surface area contributed by atoms with Crippen molar-refractivity contribution in [2.75, 3.05) is 37.6 Å². The Bertz CT molecular complexity index is 1460. The van der Waals surface area contributed by atoms with Crippen LogP contribution in [0.15, 0.2) is 72.8 Å². The van der Waals surface area contributed by atoms with E-state index in [0.29, 0.717) is 13.1 Å². The summed E-state index contributed by atoms with van der Waals surface area (Å²) < 4.78 is 15.3. The van der Waals surface area contributed by atoms with Gasteiger partial charge in [-0.3, -0.25) is 4.90 Å². The van der Waals surface area contributed by atoms with Gasteiger partial charge in [0.2, 0.25) is 0 Å². The van der Waals surface area contributed by atoms with E-state index in [0.717, 1.165) is 65.0 Å². The average molecular weight is 456 g/mol. The highest BCUT2D eigenvalue weighted by molar-refractivity contribution is 6.06. The lowest BCUT2D eigenvalue weighted by atomic mass is 10.2. The maximum absolute atomic E-state index is 13.2. The number of halogens is 1. The number of benzene rings is 3. The minimum atomic E-state index is -0.537. The SMILES string of the molecule is OC(CN1CCN(c2ccc(F)cc2)CC1)Cn1c2ccccc2c2nc3ccccc3nc21. The molecule has 0 aliphatic carbocycles. The third kappa shape index (κ3) is 3.87. The number of hydrogen-bond donors (Lipinski definition) is 1. The van der Waals surface area contributed by atoms with Crippen LogP contribution in [0.3, 0.4) is 0 Å². The van der Waals surface area contributed by atoms with Crippen molar-refractivity contribution in [1.82, 2.24) is 19.4 Å². The van der Waals surface area contributed by atoms with Crippen LogP contribution in [0.5, 0.6) is 0 Å². The van der Waals surface area contributed by atoms with Crippen molar-refractivity contribution in [3.8, 4) is 0 Å². The summed E-state index contributed by atoms with van der Waals surface area (Å²) in [7, 11) is 0. The van der Waals surface area contributed by atoms with Crippen LogP contribution in [0.4, 0.5) is 10.1 Å². The first-order valence-corrected chi connectivity index (χ1v) is 11.7. The van der Waals surface area contributed by atoms with Crippen LogP contribution in [0.2, 0.25) is 0 Å². The number of rotatable bonds is 5. The van der Waals surface area contributed by atoms with E-state index in [-0.39, 0.29) is 5.82 Å². The minimum Gasteiger partial charge on any atom is -0.390 e. The quantitative estimate of drug-likeness (QED) is 0.433. The third-order valence-electron chi connectivity index (χ3n) is 6.68. The first-order valence-electron chi connectivity index (χ1n) is 11.7. The van der Waals surface area contributed by atoms with E-state index in [1.807, 2.05) is 48.5 Å². The molecule has 2 aromatic heterocycles. The number of nitrogens with zero attached hydrogens (tertiary/aromatic N) is 5. The molecule has 1 unspecified atom stereocenters. The van der Waals surface area contributed by atoms with E-state index in [1.165, 1.54) is 12.1 Å². The van der Waals surface area contributed by atoms with Crippen LogP contribution >= 0.6 is 0 Å². The van der Waals surface area contributed by atoms with E-state index < -0.39 is 6.10 Å². The number of hydrogen-bond acceptors (Lipinski definition) is 5. The van der Waals surface area contributed by atoms with Gasteiger partial charge in [0, 0.05) is 43.8 Å². The van der Waals surface area contributed by atoms with Gasteiger partial charge in [-0.2, -0.15) is 0 Å². The molecule has 5 aromatic rings. The van der Waals surface area contributed by atoms with E-state index in [2.05, 4.69) is 26.5 Å². The highest BCUT2D eigenvalue weighted by Gasteiger charge is 2.22. The topological polar surface area (TPSA) is 57.4 Å². The largest absolute Gasteiger partial charge is 0.390 e. The van der Waals surface area contributed by atoms with Crippen molar-refractivity contribution in [3.63, 3.8) is 0 Å². The molecule has 0 amide bonds. The summed E-state index contributed by atoms with van der Waals surface area (Å²) >= 11 is 0. The van der Waals surface area contributed by atoms with E-state index >= 15 is 0 Å². The molecule has 1 aliphatic rings. The van der Waals surface area contributed by atoms with E-state index in [4.69, 9.17) is 9.97 Å². The second kappa shape index (κ2) is 8.66. The van der Waals surface area contributed by atoms with Gasteiger partial charge in [-0.15, -0.1) is 0 Å². The van der Waals surface area contributed by atoms with Gasteiger partial charge < -0.3 is 14.6 Å². The van der Waals surface area contributed by atoms with Gasteiger partial charge in [-0.25, -0.2) is 14.4 Å². The normalized spacial score (nSPS) is 16.0. The summed E-state index contributed by atoms with van der Waals surface area (Å²) in [5.74, 6) is -0.215. The molecule has 1 atom stereocenters. The monoisotopic (exact) mass is 455 g/mol. The number of aliphatic hydroxyl groups excluding tert-OH is 1. The summed E-state index contributed by atoms with van der Waals surface area (Å²) in [5.41, 5.74) is 5.48. The molecular weight excluding hydrogens is 429 g/mol. The number of anilines is 1. The van der Waals surface area contributed by atoms with Crippen molar-refractivity contribution in [3.05, 3.63) is 78.6 Å². The number of fused-ring (bicyclic) bond motifs is 4. The summed E-state index contributed by atoms with van der Waals surface area (Å²) in [6, 6.07) is 22.7. The van der Waals surface area contributed by atoms with Crippen LogP contribution < -0.4 is 4.90 Å². The van der Waals surface area contributed by atoms with Crippen molar-refractivity contribution >= 4 is 38.8 Å². The number of β-amino-alcohol motifs (C(OH)–C–C–N with tert-alkyl or cyclic N) is 1. The molecule has 0 spiro atoms. The van der Waals surface area contributed by atoms with Crippen molar-refractivity contribution < 1.29 is 9.50 Å². The van der Waals surface area contributed by atoms with E-state index in [9.17, 15) is 9.50 Å². The van der Waals surface area contributed by atoms with E-state index in [1.54, 1.807) is 0 Å². The Balaban J connectivity index is 1.21. The molecule has 6 nitrogen and oxygen atoms in total. The van der Waals surface area contributed by atoms with Gasteiger partial charge in [-0.1, -0.05) is 30.3 Å². The van der Waals surface area contributed by atoms with Crippen LogP contribution in [-0.4, -0.2) is 63.4 Å². The second-order valence-electron chi connectivity index (χ2n) is 8.93. The zero-order chi connectivity index (χ0) is 23.1. The van der Waals surface area contributed by atoms with Gasteiger partial charge in [0.15, 0.2) is 5.65 Å². The van der Waals surface area contributed by atoms with Crippen molar-refractivity contribution in [2.24, 2.45) is 0 Å². The molecule has 172 valence electrons. The summed E-state index contributed by atoms with van der Waals surface area (Å²) in [4.78, 5) is 14.3. The molecule has 7 heteroatoms. The highest BCUT2D eigenvalue weighted by Crippen LogP contribution is 2.28. The van der Waals surface area contributed by atoms with Gasteiger partial charge >= 0.3 is 0 Å². The van der Waals surface area contributed by atoms with Crippen molar-refractivity contribution in [1.29, 1.82) is 0 Å². The fraction of sp³-hybridized carbons (Fsp3) is 0.259. The second-order valence-corrected chi connectivity index (χ2v) is 8.93. The number of aliphatic hydroxyl groups is 1. The number of aromatic nitrogens is 3. The Morgan fingerprint density at radius 2 is 1.47 bits per heavy atom. The zero-order valence-corrected chi connectivity index (χ0v) is 18.8. The first kappa shape index (κ1) is 21.0. The molecular formula is C27H26FN5O. The zero-order valence-electron chi connectivity index (χ0n) is 18.8. The Morgan fingerprint density at radius 3 is 2.24 bits per heavy atom. The molecule has 1 N–H and O–H groups in total. The fourth-order valence-corrected chi connectivity index (χ4v) is 4.97. The Labute approximate surface area is 196 Å². The Morgan fingerprint density at radius 1 is 0.794 bits per heavy atom. The average Bonchev–Trinajstić information content (AvgIpc) is 3.16.